The van der Waals surface area contributed by atoms with Crippen LogP contribution in [0.5, 0.6) is 0 Å². The number of pyridine rings is 1. The van der Waals surface area contributed by atoms with Crippen molar-refractivity contribution in [2.75, 3.05) is 14.2 Å². The molecule has 0 aliphatic carbocycles. The molecular weight excluding hydrogens is 368 g/mol. The van der Waals surface area contributed by atoms with Crippen LogP contribution in [-0.2, 0) is 23.9 Å². The first-order valence-electron chi connectivity index (χ1n) is 8.34. The third kappa shape index (κ3) is 4.43. The standard InChI is InChI=1S/C19H20N2O7/c1-10(14(18(25)27-2)19(26)28-3)15(17(23)24)21-16(22)12-8-11-6-4-5-7-13(11)20-9-12/h4-10,14-15H,1-3H3,(H,21,22)(H,23,24)/t10-,15+/m0/s1. The maximum Gasteiger partial charge on any atom is 0.326 e. The van der Waals surface area contributed by atoms with Crippen molar-refractivity contribution >= 4 is 34.7 Å². The summed E-state index contributed by atoms with van der Waals surface area (Å²) in [5.41, 5.74) is 0.823. The van der Waals surface area contributed by atoms with E-state index in [9.17, 15) is 24.3 Å². The van der Waals surface area contributed by atoms with Crippen LogP contribution in [0.15, 0.2) is 36.5 Å². The number of para-hydroxylation sites is 1. The van der Waals surface area contributed by atoms with E-state index in [1.165, 1.54) is 13.1 Å². The smallest absolute Gasteiger partial charge is 0.326 e. The second-order valence-corrected chi connectivity index (χ2v) is 6.09. The Labute approximate surface area is 160 Å². The van der Waals surface area contributed by atoms with Gasteiger partial charge in [-0.1, -0.05) is 25.1 Å². The number of esters is 2. The van der Waals surface area contributed by atoms with Crippen LogP contribution in [0.4, 0.5) is 0 Å². The van der Waals surface area contributed by atoms with E-state index >= 15 is 0 Å². The number of aliphatic carboxylic acids is 1. The second-order valence-electron chi connectivity index (χ2n) is 6.09. The molecule has 148 valence electrons. The number of carbonyl (C=O) groups is 4. The third-order valence-electron chi connectivity index (χ3n) is 4.37. The molecule has 0 unspecified atom stereocenters. The van der Waals surface area contributed by atoms with E-state index in [-0.39, 0.29) is 5.56 Å². The first-order valence-corrected chi connectivity index (χ1v) is 8.34. The Kier molecular flexibility index (Phi) is 6.64. The van der Waals surface area contributed by atoms with Gasteiger partial charge in [-0.2, -0.15) is 0 Å². The van der Waals surface area contributed by atoms with Crippen LogP contribution in [0.3, 0.4) is 0 Å². The Hall–Kier alpha value is -3.49. The topological polar surface area (TPSA) is 132 Å². The highest BCUT2D eigenvalue weighted by atomic mass is 16.5. The fourth-order valence-electron chi connectivity index (χ4n) is 2.81. The average molecular weight is 388 g/mol. The number of fused-ring (bicyclic) bond motifs is 1. The van der Waals surface area contributed by atoms with Crippen molar-refractivity contribution in [3.05, 3.63) is 42.1 Å². The fourth-order valence-corrected chi connectivity index (χ4v) is 2.81. The molecule has 2 rings (SSSR count). The van der Waals surface area contributed by atoms with Gasteiger partial charge in [0.25, 0.3) is 5.91 Å². The molecule has 2 atom stereocenters. The highest BCUT2D eigenvalue weighted by Gasteiger charge is 2.42. The summed E-state index contributed by atoms with van der Waals surface area (Å²) < 4.78 is 9.14. The van der Waals surface area contributed by atoms with E-state index < -0.39 is 41.7 Å². The number of amides is 1. The van der Waals surface area contributed by atoms with Gasteiger partial charge in [-0.3, -0.25) is 19.4 Å². The van der Waals surface area contributed by atoms with E-state index in [2.05, 4.69) is 19.8 Å². The van der Waals surface area contributed by atoms with Crippen molar-refractivity contribution in [1.29, 1.82) is 0 Å². The van der Waals surface area contributed by atoms with Gasteiger partial charge < -0.3 is 19.9 Å². The predicted octanol–water partition coefficient (Wildman–Crippen LogP) is 1.02. The molecule has 0 saturated heterocycles. The van der Waals surface area contributed by atoms with Gasteiger partial charge in [-0.05, 0) is 12.1 Å². The molecule has 0 spiro atoms. The lowest BCUT2D eigenvalue weighted by molar-refractivity contribution is -0.162. The van der Waals surface area contributed by atoms with Gasteiger partial charge in [-0.15, -0.1) is 0 Å². The van der Waals surface area contributed by atoms with E-state index in [4.69, 9.17) is 0 Å². The molecule has 1 heterocycles. The second kappa shape index (κ2) is 8.94. The molecule has 9 nitrogen and oxygen atoms in total. The molecule has 0 bridgehead atoms. The number of carboxylic acid groups (broad SMARTS) is 1. The minimum Gasteiger partial charge on any atom is -0.480 e. The number of nitrogens with zero attached hydrogens (tertiary/aromatic N) is 1. The summed E-state index contributed by atoms with van der Waals surface area (Å²) in [5.74, 6) is -6.65. The summed E-state index contributed by atoms with van der Waals surface area (Å²) in [7, 11) is 2.14. The van der Waals surface area contributed by atoms with Crippen LogP contribution in [0.1, 0.15) is 17.3 Å². The first-order chi connectivity index (χ1) is 13.3. The summed E-state index contributed by atoms with van der Waals surface area (Å²) >= 11 is 0. The molecule has 0 aliphatic heterocycles. The molecule has 2 N–H and O–H groups in total. The molecular formula is C19H20N2O7. The van der Waals surface area contributed by atoms with Gasteiger partial charge in [0.1, 0.15) is 6.04 Å². The Morgan fingerprint density at radius 2 is 1.68 bits per heavy atom. The van der Waals surface area contributed by atoms with Crippen LogP contribution in [0.25, 0.3) is 10.9 Å². The van der Waals surface area contributed by atoms with Crippen molar-refractivity contribution in [3.8, 4) is 0 Å². The SMILES string of the molecule is COC(=O)C(C(=O)OC)[C@H](C)[C@@H](NC(=O)c1cnc2ccccc2c1)C(=O)O. The van der Waals surface area contributed by atoms with Gasteiger partial charge >= 0.3 is 17.9 Å². The van der Waals surface area contributed by atoms with E-state index in [0.717, 1.165) is 14.2 Å². The van der Waals surface area contributed by atoms with Gasteiger partial charge in [0, 0.05) is 17.5 Å². The number of aromatic nitrogens is 1. The predicted molar refractivity (Wildman–Crippen MR) is 97.3 cm³/mol. The Morgan fingerprint density at radius 3 is 2.25 bits per heavy atom. The number of carbonyl (C=O) groups excluding carboxylic acids is 3. The normalized spacial score (nSPS) is 12.9. The van der Waals surface area contributed by atoms with Crippen molar-refractivity contribution < 1.29 is 33.8 Å². The molecule has 1 aromatic carbocycles. The summed E-state index contributed by atoms with van der Waals surface area (Å²) in [4.78, 5) is 52.3. The summed E-state index contributed by atoms with van der Waals surface area (Å²) in [6, 6.07) is 7.15. The van der Waals surface area contributed by atoms with Crippen LogP contribution < -0.4 is 5.32 Å². The maximum atomic E-state index is 12.6. The average Bonchev–Trinajstić information content (AvgIpc) is 2.70. The van der Waals surface area contributed by atoms with Crippen molar-refractivity contribution in [2.24, 2.45) is 11.8 Å². The number of rotatable bonds is 7. The van der Waals surface area contributed by atoms with Crippen LogP contribution in [0, 0.1) is 11.8 Å². The molecule has 2 aromatic rings. The number of carboxylic acids is 1. The summed E-state index contributed by atoms with van der Waals surface area (Å²) in [6.45, 7) is 1.34. The van der Waals surface area contributed by atoms with Crippen molar-refractivity contribution in [2.45, 2.75) is 13.0 Å². The first kappa shape index (κ1) is 20.8. The van der Waals surface area contributed by atoms with E-state index in [0.29, 0.717) is 10.9 Å². The molecule has 0 saturated carbocycles. The molecule has 0 aliphatic rings. The lowest BCUT2D eigenvalue weighted by Gasteiger charge is -2.26. The van der Waals surface area contributed by atoms with E-state index in [1.54, 1.807) is 30.3 Å². The third-order valence-corrected chi connectivity index (χ3v) is 4.37. The number of hydrogen-bond acceptors (Lipinski definition) is 7. The number of ether oxygens (including phenoxy) is 2. The Bertz CT molecular complexity index is 896. The highest BCUT2D eigenvalue weighted by Crippen LogP contribution is 2.20. The molecule has 9 heteroatoms. The quantitative estimate of drug-likeness (QED) is 0.531. The van der Waals surface area contributed by atoms with Gasteiger partial charge in [0.15, 0.2) is 5.92 Å². The monoisotopic (exact) mass is 388 g/mol. The zero-order valence-electron chi connectivity index (χ0n) is 15.5. The van der Waals surface area contributed by atoms with Gasteiger partial charge in [-0.25, -0.2) is 4.79 Å². The zero-order valence-corrected chi connectivity index (χ0v) is 15.5. The van der Waals surface area contributed by atoms with Crippen LogP contribution in [-0.4, -0.2) is 54.2 Å². The Morgan fingerprint density at radius 1 is 1.07 bits per heavy atom. The van der Waals surface area contributed by atoms with Crippen molar-refractivity contribution in [1.82, 2.24) is 10.3 Å². The summed E-state index contributed by atoms with van der Waals surface area (Å²) in [6.07, 6.45) is 1.32. The Balaban J connectivity index is 2.29. The van der Waals surface area contributed by atoms with Crippen molar-refractivity contribution in [3.63, 3.8) is 0 Å². The largest absolute Gasteiger partial charge is 0.480 e. The maximum absolute atomic E-state index is 12.6. The molecule has 0 fully saturated rings. The lowest BCUT2D eigenvalue weighted by Crippen LogP contribution is -2.50. The summed E-state index contributed by atoms with van der Waals surface area (Å²) in [5, 5.41) is 12.6. The number of benzene rings is 1. The molecule has 28 heavy (non-hydrogen) atoms. The lowest BCUT2D eigenvalue weighted by atomic mass is 9.87. The van der Waals surface area contributed by atoms with Gasteiger partial charge in [0.05, 0.1) is 25.3 Å². The fraction of sp³-hybridized carbons (Fsp3) is 0.316. The number of hydrogen-bond donors (Lipinski definition) is 2. The minimum atomic E-state index is -1.54. The number of methoxy groups -OCH3 is 2. The molecule has 1 amide bonds. The highest BCUT2D eigenvalue weighted by molar-refractivity contribution is 6.00. The number of nitrogens with one attached hydrogen (secondary N) is 1. The molecule has 0 radical (unpaired) electrons. The molecule has 1 aromatic heterocycles. The van der Waals surface area contributed by atoms with E-state index in [1.807, 2.05) is 0 Å². The zero-order chi connectivity index (χ0) is 20.8. The minimum absolute atomic E-state index is 0.143. The van der Waals surface area contributed by atoms with Gasteiger partial charge in [0.2, 0.25) is 0 Å². The van der Waals surface area contributed by atoms with Crippen LogP contribution >= 0.6 is 0 Å². The van der Waals surface area contributed by atoms with Crippen LogP contribution in [0.2, 0.25) is 0 Å².